The van der Waals surface area contributed by atoms with Gasteiger partial charge in [0.05, 0.1) is 18.0 Å². The summed E-state index contributed by atoms with van der Waals surface area (Å²) in [4.78, 5) is 19.2. The van der Waals surface area contributed by atoms with Crippen LogP contribution in [0.15, 0.2) is 12.4 Å². The summed E-state index contributed by atoms with van der Waals surface area (Å²) in [6, 6.07) is 0. The minimum atomic E-state index is -0.558. The molecule has 0 radical (unpaired) electrons. The number of rotatable bonds is 3. The highest BCUT2D eigenvalue weighted by molar-refractivity contribution is 5.91. The molecule has 0 aliphatic heterocycles. The average molecular weight is 195 g/mol. The van der Waals surface area contributed by atoms with Crippen molar-refractivity contribution >= 4 is 5.91 Å². The van der Waals surface area contributed by atoms with Gasteiger partial charge in [-0.25, -0.2) is 4.98 Å². The number of hydrogen-bond acceptors (Lipinski definition) is 4. The Balaban J connectivity index is 2.57. The summed E-state index contributed by atoms with van der Waals surface area (Å²) in [6.45, 7) is 3.61. The Morgan fingerprint density at radius 1 is 1.57 bits per heavy atom. The van der Waals surface area contributed by atoms with Crippen LogP contribution in [0.4, 0.5) is 0 Å². The van der Waals surface area contributed by atoms with Crippen LogP contribution in [0.3, 0.4) is 0 Å². The molecule has 5 heteroatoms. The zero-order chi connectivity index (χ0) is 10.6. The van der Waals surface area contributed by atoms with E-state index in [1.807, 2.05) is 0 Å². The molecule has 76 valence electrons. The van der Waals surface area contributed by atoms with Crippen molar-refractivity contribution in [3.05, 3.63) is 23.8 Å². The van der Waals surface area contributed by atoms with Crippen LogP contribution in [0.1, 0.15) is 23.1 Å². The standard InChI is InChI=1S/C9H13N3O2/c1-6-3-11-8(5-10-6)9(14)12-4-7(2)13/h3,5,7,13H,4H2,1-2H3,(H,12,14)/t7-/m1/s1. The van der Waals surface area contributed by atoms with E-state index in [1.54, 1.807) is 13.8 Å². The summed E-state index contributed by atoms with van der Waals surface area (Å²) >= 11 is 0. The molecule has 1 rings (SSSR count). The summed E-state index contributed by atoms with van der Waals surface area (Å²) < 4.78 is 0. The number of carbonyl (C=O) groups is 1. The molecule has 1 aromatic heterocycles. The van der Waals surface area contributed by atoms with Crippen LogP contribution in [-0.2, 0) is 0 Å². The molecule has 0 saturated carbocycles. The Kier molecular flexibility index (Phi) is 3.53. The Bertz CT molecular complexity index is 308. The smallest absolute Gasteiger partial charge is 0.271 e. The predicted molar refractivity (Wildman–Crippen MR) is 50.8 cm³/mol. The fraction of sp³-hybridized carbons (Fsp3) is 0.444. The van der Waals surface area contributed by atoms with E-state index in [4.69, 9.17) is 5.11 Å². The van der Waals surface area contributed by atoms with Crippen LogP contribution in [0.5, 0.6) is 0 Å². The van der Waals surface area contributed by atoms with Gasteiger partial charge in [0.15, 0.2) is 0 Å². The van der Waals surface area contributed by atoms with Gasteiger partial charge in [-0.05, 0) is 13.8 Å². The van der Waals surface area contributed by atoms with Crippen molar-refractivity contribution in [2.75, 3.05) is 6.54 Å². The van der Waals surface area contributed by atoms with Crippen molar-refractivity contribution in [1.29, 1.82) is 0 Å². The molecule has 0 bridgehead atoms. The number of nitrogens with zero attached hydrogens (tertiary/aromatic N) is 2. The van der Waals surface area contributed by atoms with Gasteiger partial charge in [-0.1, -0.05) is 0 Å². The molecule has 5 nitrogen and oxygen atoms in total. The van der Waals surface area contributed by atoms with E-state index < -0.39 is 6.10 Å². The zero-order valence-corrected chi connectivity index (χ0v) is 8.19. The quantitative estimate of drug-likeness (QED) is 0.706. The number of aryl methyl sites for hydroxylation is 1. The van der Waals surface area contributed by atoms with E-state index in [0.29, 0.717) is 0 Å². The molecule has 2 N–H and O–H groups in total. The number of amides is 1. The van der Waals surface area contributed by atoms with Crippen LogP contribution in [0.2, 0.25) is 0 Å². The Morgan fingerprint density at radius 2 is 2.29 bits per heavy atom. The molecule has 14 heavy (non-hydrogen) atoms. The Morgan fingerprint density at radius 3 is 2.79 bits per heavy atom. The molecular formula is C9H13N3O2. The van der Waals surface area contributed by atoms with Crippen LogP contribution in [-0.4, -0.2) is 33.6 Å². The first-order valence-electron chi connectivity index (χ1n) is 4.34. The highest BCUT2D eigenvalue weighted by Gasteiger charge is 2.07. The van der Waals surface area contributed by atoms with Gasteiger partial charge < -0.3 is 10.4 Å². The van der Waals surface area contributed by atoms with Crippen molar-refractivity contribution in [2.24, 2.45) is 0 Å². The normalized spacial score (nSPS) is 12.2. The average Bonchev–Trinajstić information content (AvgIpc) is 2.15. The first-order chi connectivity index (χ1) is 6.59. The topological polar surface area (TPSA) is 75.1 Å². The van der Waals surface area contributed by atoms with Gasteiger partial charge in [0.1, 0.15) is 5.69 Å². The van der Waals surface area contributed by atoms with E-state index >= 15 is 0 Å². The maximum Gasteiger partial charge on any atom is 0.271 e. The van der Waals surface area contributed by atoms with Crippen molar-refractivity contribution in [3.63, 3.8) is 0 Å². The molecule has 1 heterocycles. The summed E-state index contributed by atoms with van der Waals surface area (Å²) in [5.74, 6) is -0.321. The molecule has 1 atom stereocenters. The number of aliphatic hydroxyl groups excluding tert-OH is 1. The van der Waals surface area contributed by atoms with Gasteiger partial charge in [-0.3, -0.25) is 9.78 Å². The molecule has 1 aromatic rings. The monoisotopic (exact) mass is 195 g/mol. The van der Waals surface area contributed by atoms with Gasteiger partial charge in [0.2, 0.25) is 0 Å². The molecule has 0 aromatic carbocycles. The summed E-state index contributed by atoms with van der Waals surface area (Å²) in [6.07, 6.45) is 2.38. The maximum atomic E-state index is 11.3. The highest BCUT2D eigenvalue weighted by Crippen LogP contribution is 1.93. The number of aliphatic hydroxyl groups is 1. The van der Waals surface area contributed by atoms with E-state index in [-0.39, 0.29) is 18.1 Å². The summed E-state index contributed by atoms with van der Waals surface area (Å²) in [5, 5.41) is 11.5. The van der Waals surface area contributed by atoms with Gasteiger partial charge in [-0.15, -0.1) is 0 Å². The van der Waals surface area contributed by atoms with E-state index in [0.717, 1.165) is 5.69 Å². The van der Waals surface area contributed by atoms with Gasteiger partial charge >= 0.3 is 0 Å². The summed E-state index contributed by atoms with van der Waals surface area (Å²) in [5.41, 5.74) is 1.02. The van der Waals surface area contributed by atoms with Crippen LogP contribution in [0.25, 0.3) is 0 Å². The second-order valence-corrected chi connectivity index (χ2v) is 3.10. The lowest BCUT2D eigenvalue weighted by molar-refractivity contribution is 0.0918. The fourth-order valence-corrected chi connectivity index (χ4v) is 0.841. The Labute approximate surface area is 82.2 Å². The number of carbonyl (C=O) groups excluding carboxylic acids is 1. The third kappa shape index (κ3) is 3.10. The first-order valence-corrected chi connectivity index (χ1v) is 4.34. The lowest BCUT2D eigenvalue weighted by Crippen LogP contribution is -2.31. The zero-order valence-electron chi connectivity index (χ0n) is 8.19. The third-order valence-corrected chi connectivity index (χ3v) is 1.57. The van der Waals surface area contributed by atoms with Gasteiger partial charge in [0, 0.05) is 12.7 Å². The number of aromatic nitrogens is 2. The van der Waals surface area contributed by atoms with Crippen LogP contribution < -0.4 is 5.32 Å². The Hall–Kier alpha value is -1.49. The highest BCUT2D eigenvalue weighted by atomic mass is 16.3. The van der Waals surface area contributed by atoms with Gasteiger partial charge in [-0.2, -0.15) is 0 Å². The summed E-state index contributed by atoms with van der Waals surface area (Å²) in [7, 11) is 0. The maximum absolute atomic E-state index is 11.3. The van der Waals surface area contributed by atoms with Crippen molar-refractivity contribution in [2.45, 2.75) is 20.0 Å². The number of hydrogen-bond donors (Lipinski definition) is 2. The third-order valence-electron chi connectivity index (χ3n) is 1.57. The molecule has 0 saturated heterocycles. The fourth-order valence-electron chi connectivity index (χ4n) is 0.841. The molecule has 0 aliphatic carbocycles. The number of nitrogens with one attached hydrogen (secondary N) is 1. The van der Waals surface area contributed by atoms with E-state index in [1.165, 1.54) is 12.4 Å². The van der Waals surface area contributed by atoms with Gasteiger partial charge in [0.25, 0.3) is 5.91 Å². The minimum absolute atomic E-state index is 0.217. The van der Waals surface area contributed by atoms with Crippen LogP contribution >= 0.6 is 0 Å². The lowest BCUT2D eigenvalue weighted by Gasteiger charge is -2.05. The van der Waals surface area contributed by atoms with Crippen molar-refractivity contribution in [3.8, 4) is 0 Å². The molecule has 1 amide bonds. The van der Waals surface area contributed by atoms with Crippen LogP contribution in [0, 0.1) is 6.92 Å². The van der Waals surface area contributed by atoms with E-state index in [9.17, 15) is 4.79 Å². The first kappa shape index (κ1) is 10.6. The molecule has 0 unspecified atom stereocenters. The molecular weight excluding hydrogens is 182 g/mol. The second-order valence-electron chi connectivity index (χ2n) is 3.10. The lowest BCUT2D eigenvalue weighted by atomic mass is 10.3. The largest absolute Gasteiger partial charge is 0.392 e. The molecule has 0 spiro atoms. The van der Waals surface area contributed by atoms with Crippen molar-refractivity contribution in [1.82, 2.24) is 15.3 Å². The molecule has 0 fully saturated rings. The minimum Gasteiger partial charge on any atom is -0.392 e. The van der Waals surface area contributed by atoms with E-state index in [2.05, 4.69) is 15.3 Å². The molecule has 0 aliphatic rings. The predicted octanol–water partition coefficient (Wildman–Crippen LogP) is -0.104. The van der Waals surface area contributed by atoms with Crippen molar-refractivity contribution < 1.29 is 9.90 Å². The second kappa shape index (κ2) is 4.66. The SMILES string of the molecule is Cc1cnc(C(=O)NC[C@@H](C)O)cn1.